The average Bonchev–Trinajstić information content (AvgIpc) is 2.29. The Labute approximate surface area is 114 Å². The molecule has 0 saturated carbocycles. The number of halogens is 2. The highest BCUT2D eigenvalue weighted by Gasteiger charge is 2.25. The summed E-state index contributed by atoms with van der Waals surface area (Å²) in [6.45, 7) is 2.24. The summed E-state index contributed by atoms with van der Waals surface area (Å²) in [6.07, 6.45) is -0.571. The molecule has 0 aromatic heterocycles. The number of carboxylic acids is 1. The monoisotopic (exact) mass is 287 g/mol. The van der Waals surface area contributed by atoms with Gasteiger partial charge in [-0.25, -0.2) is 8.78 Å². The first-order valence-corrected chi connectivity index (χ1v) is 5.80. The van der Waals surface area contributed by atoms with E-state index < -0.39 is 35.5 Å². The number of aliphatic hydroxyl groups is 1. The second-order valence-corrected chi connectivity index (χ2v) is 4.83. The number of hydrogen-bond acceptors (Lipinski definition) is 3. The maximum absolute atomic E-state index is 13.5. The minimum atomic E-state index is -1.66. The quantitative estimate of drug-likeness (QED) is 0.760. The van der Waals surface area contributed by atoms with Crippen molar-refractivity contribution in [2.75, 3.05) is 6.54 Å². The summed E-state index contributed by atoms with van der Waals surface area (Å²) in [5.41, 5.74) is -1.92. The summed E-state index contributed by atoms with van der Waals surface area (Å²) in [5.74, 6) is -3.87. The van der Waals surface area contributed by atoms with Crippen LogP contribution in [0, 0.1) is 18.6 Å². The molecule has 0 aliphatic carbocycles. The lowest BCUT2D eigenvalue weighted by atomic mass is 10.0. The van der Waals surface area contributed by atoms with Crippen LogP contribution >= 0.6 is 0 Å². The molecule has 0 spiro atoms. The van der Waals surface area contributed by atoms with Gasteiger partial charge < -0.3 is 15.5 Å². The van der Waals surface area contributed by atoms with Crippen molar-refractivity contribution in [3.8, 4) is 0 Å². The predicted octanol–water partition coefficient (Wildman–Crippen LogP) is 1.23. The van der Waals surface area contributed by atoms with E-state index >= 15 is 0 Å². The van der Waals surface area contributed by atoms with Gasteiger partial charge in [0.25, 0.3) is 5.91 Å². The molecule has 0 saturated heterocycles. The van der Waals surface area contributed by atoms with E-state index in [0.717, 1.165) is 6.07 Å². The second kappa shape index (κ2) is 5.96. The molecule has 3 N–H and O–H groups in total. The molecule has 5 nitrogen and oxygen atoms in total. The molecule has 0 radical (unpaired) electrons. The molecular formula is C13H15F2NO4. The van der Waals surface area contributed by atoms with Gasteiger partial charge in [0.1, 0.15) is 11.6 Å². The first-order chi connectivity index (χ1) is 9.12. The van der Waals surface area contributed by atoms with Crippen molar-refractivity contribution in [1.29, 1.82) is 0 Å². The van der Waals surface area contributed by atoms with Crippen molar-refractivity contribution in [1.82, 2.24) is 5.32 Å². The summed E-state index contributed by atoms with van der Waals surface area (Å²) in [4.78, 5) is 22.2. The van der Waals surface area contributed by atoms with Gasteiger partial charge >= 0.3 is 5.97 Å². The third-order valence-corrected chi connectivity index (χ3v) is 2.65. The van der Waals surface area contributed by atoms with Gasteiger partial charge in [0.2, 0.25) is 0 Å². The average molecular weight is 287 g/mol. The highest BCUT2D eigenvalue weighted by atomic mass is 19.1. The zero-order valence-electron chi connectivity index (χ0n) is 11.0. The van der Waals surface area contributed by atoms with Crippen LogP contribution in [0.15, 0.2) is 12.1 Å². The van der Waals surface area contributed by atoms with Gasteiger partial charge in [0.05, 0.1) is 17.6 Å². The number of carbonyl (C=O) groups excluding carboxylic acids is 1. The molecule has 0 aliphatic heterocycles. The van der Waals surface area contributed by atoms with Crippen molar-refractivity contribution in [3.05, 3.63) is 34.9 Å². The second-order valence-electron chi connectivity index (χ2n) is 4.83. The fraction of sp³-hybridized carbons (Fsp3) is 0.385. The Balaban J connectivity index is 2.78. The maximum atomic E-state index is 13.5. The summed E-state index contributed by atoms with van der Waals surface area (Å²) in [5, 5.41) is 20.5. The number of carbonyl (C=O) groups is 2. The Bertz CT molecular complexity index is 543. The predicted molar refractivity (Wildman–Crippen MR) is 66.3 cm³/mol. The van der Waals surface area contributed by atoms with Crippen molar-refractivity contribution in [3.63, 3.8) is 0 Å². The van der Waals surface area contributed by atoms with Crippen LogP contribution in [-0.4, -0.2) is 34.2 Å². The number of carboxylic acid groups (broad SMARTS) is 1. The first-order valence-electron chi connectivity index (χ1n) is 5.80. The van der Waals surface area contributed by atoms with Crippen LogP contribution in [0.4, 0.5) is 8.78 Å². The van der Waals surface area contributed by atoms with E-state index in [9.17, 15) is 23.5 Å². The minimum Gasteiger partial charge on any atom is -0.481 e. The van der Waals surface area contributed by atoms with Gasteiger partial charge in [-0.3, -0.25) is 9.59 Å². The highest BCUT2D eigenvalue weighted by Crippen LogP contribution is 2.15. The zero-order valence-corrected chi connectivity index (χ0v) is 11.0. The van der Waals surface area contributed by atoms with Crippen molar-refractivity contribution in [2.45, 2.75) is 25.9 Å². The van der Waals surface area contributed by atoms with Crippen LogP contribution in [0.3, 0.4) is 0 Å². The van der Waals surface area contributed by atoms with Crippen molar-refractivity contribution < 1.29 is 28.6 Å². The molecule has 1 atom stereocenters. The SMILES string of the molecule is Cc1cc(C(=O)NCC(C)(O)CC(=O)O)c(F)cc1F. The number of aryl methyl sites for hydroxylation is 1. The first kappa shape index (κ1) is 16.0. The number of benzene rings is 1. The number of nitrogens with one attached hydrogen (secondary N) is 1. The third-order valence-electron chi connectivity index (χ3n) is 2.65. The zero-order chi connectivity index (χ0) is 15.5. The molecular weight excluding hydrogens is 272 g/mol. The van der Waals surface area contributed by atoms with Crippen LogP contribution in [0.5, 0.6) is 0 Å². The van der Waals surface area contributed by atoms with Crippen LogP contribution < -0.4 is 5.32 Å². The maximum Gasteiger partial charge on any atom is 0.306 e. The highest BCUT2D eigenvalue weighted by molar-refractivity contribution is 5.94. The van der Waals surface area contributed by atoms with E-state index in [1.165, 1.54) is 13.8 Å². The summed E-state index contributed by atoms with van der Waals surface area (Å²) in [6, 6.07) is 1.64. The molecule has 110 valence electrons. The largest absolute Gasteiger partial charge is 0.481 e. The van der Waals surface area contributed by atoms with Crippen LogP contribution in [-0.2, 0) is 4.79 Å². The smallest absolute Gasteiger partial charge is 0.306 e. The Morgan fingerprint density at radius 1 is 1.30 bits per heavy atom. The van der Waals surface area contributed by atoms with Crippen LogP contribution in [0.1, 0.15) is 29.3 Å². The lowest BCUT2D eigenvalue weighted by Crippen LogP contribution is -2.42. The Kier molecular flexibility index (Phi) is 4.78. The molecule has 0 aliphatic rings. The normalized spacial score (nSPS) is 13.7. The Morgan fingerprint density at radius 2 is 1.90 bits per heavy atom. The molecule has 1 aromatic carbocycles. The Morgan fingerprint density at radius 3 is 2.45 bits per heavy atom. The fourth-order valence-corrected chi connectivity index (χ4v) is 1.59. The van der Waals surface area contributed by atoms with Gasteiger partial charge in [0, 0.05) is 12.6 Å². The third kappa shape index (κ3) is 4.27. The standard InChI is InChI=1S/C13H15F2NO4/c1-7-3-8(10(15)4-9(7)14)12(19)16-6-13(2,20)5-11(17)18/h3-4,20H,5-6H2,1-2H3,(H,16,19)(H,17,18). The van der Waals surface area contributed by atoms with Crippen LogP contribution in [0.25, 0.3) is 0 Å². The number of hydrogen-bond donors (Lipinski definition) is 3. The number of amides is 1. The molecule has 0 heterocycles. The molecule has 0 bridgehead atoms. The van der Waals surface area contributed by atoms with E-state index in [2.05, 4.69) is 5.32 Å². The molecule has 1 rings (SSSR count). The fourth-order valence-electron chi connectivity index (χ4n) is 1.59. The van der Waals surface area contributed by atoms with Crippen molar-refractivity contribution in [2.24, 2.45) is 0 Å². The van der Waals surface area contributed by atoms with Gasteiger partial charge in [-0.2, -0.15) is 0 Å². The molecule has 1 aromatic rings. The van der Waals surface area contributed by atoms with E-state index in [1.807, 2.05) is 0 Å². The summed E-state index contributed by atoms with van der Waals surface area (Å²) in [7, 11) is 0. The summed E-state index contributed by atoms with van der Waals surface area (Å²) < 4.78 is 26.5. The van der Waals surface area contributed by atoms with Gasteiger partial charge in [-0.15, -0.1) is 0 Å². The van der Waals surface area contributed by atoms with Crippen molar-refractivity contribution >= 4 is 11.9 Å². The minimum absolute atomic E-state index is 0.105. The lowest BCUT2D eigenvalue weighted by molar-refractivity contribution is -0.141. The molecule has 20 heavy (non-hydrogen) atoms. The topological polar surface area (TPSA) is 86.6 Å². The summed E-state index contributed by atoms with van der Waals surface area (Å²) >= 11 is 0. The van der Waals surface area contributed by atoms with E-state index in [0.29, 0.717) is 6.07 Å². The Hall–Kier alpha value is -2.02. The number of rotatable bonds is 5. The van der Waals surface area contributed by atoms with Crippen LogP contribution in [0.2, 0.25) is 0 Å². The molecule has 0 fully saturated rings. The van der Waals surface area contributed by atoms with Gasteiger partial charge in [-0.05, 0) is 25.5 Å². The van der Waals surface area contributed by atoms with E-state index in [1.54, 1.807) is 0 Å². The molecule has 1 amide bonds. The van der Waals surface area contributed by atoms with Gasteiger partial charge in [0.15, 0.2) is 0 Å². The number of aliphatic carboxylic acids is 1. The van der Waals surface area contributed by atoms with E-state index in [-0.39, 0.29) is 17.7 Å². The molecule has 1 unspecified atom stereocenters. The lowest BCUT2D eigenvalue weighted by Gasteiger charge is -2.21. The van der Waals surface area contributed by atoms with Gasteiger partial charge in [-0.1, -0.05) is 0 Å². The molecule has 7 heteroatoms. The van der Waals surface area contributed by atoms with E-state index in [4.69, 9.17) is 5.11 Å².